The molecule has 3 aromatic carbocycles. The van der Waals surface area contributed by atoms with Crippen molar-refractivity contribution in [3.05, 3.63) is 87.7 Å². The first-order chi connectivity index (χ1) is 13.9. The van der Waals surface area contributed by atoms with Gasteiger partial charge >= 0.3 is 0 Å². The van der Waals surface area contributed by atoms with Crippen molar-refractivity contribution in [1.82, 2.24) is 9.55 Å². The van der Waals surface area contributed by atoms with E-state index in [0.717, 1.165) is 11.6 Å². The van der Waals surface area contributed by atoms with Gasteiger partial charge in [-0.15, -0.1) is 0 Å². The number of phenols is 3. The molecule has 0 saturated carbocycles. The van der Waals surface area contributed by atoms with Gasteiger partial charge in [-0.25, -0.2) is 9.37 Å². The molecule has 7 heteroatoms. The van der Waals surface area contributed by atoms with E-state index in [0.29, 0.717) is 17.1 Å². The molecule has 0 aliphatic carbocycles. The molecule has 1 aromatic heterocycles. The summed E-state index contributed by atoms with van der Waals surface area (Å²) in [6.45, 7) is 1.58. The second kappa shape index (κ2) is 6.94. The fraction of sp³-hybridized carbons (Fsp3) is 0.0909. The number of rotatable bonds is 3. The predicted octanol–water partition coefficient (Wildman–Crippen LogP) is 3.54. The highest BCUT2D eigenvalue weighted by Gasteiger charge is 2.20. The highest BCUT2D eigenvalue weighted by atomic mass is 19.1. The summed E-state index contributed by atoms with van der Waals surface area (Å²) in [5, 5.41) is 29.7. The Labute approximate surface area is 164 Å². The summed E-state index contributed by atoms with van der Waals surface area (Å²) in [5.41, 5.74) is 1.02. The minimum absolute atomic E-state index is 0.0452. The number of aromatic nitrogens is 2. The molecule has 146 valence electrons. The molecule has 0 radical (unpaired) electrons. The maximum absolute atomic E-state index is 13.8. The van der Waals surface area contributed by atoms with E-state index >= 15 is 0 Å². The van der Waals surface area contributed by atoms with Crippen LogP contribution >= 0.6 is 0 Å². The van der Waals surface area contributed by atoms with E-state index in [-0.39, 0.29) is 17.3 Å². The van der Waals surface area contributed by atoms with Gasteiger partial charge in [0.25, 0.3) is 5.56 Å². The Morgan fingerprint density at radius 3 is 2.41 bits per heavy atom. The summed E-state index contributed by atoms with van der Waals surface area (Å²) < 4.78 is 15.0. The van der Waals surface area contributed by atoms with Gasteiger partial charge in [0.1, 0.15) is 17.0 Å². The molecule has 0 bridgehead atoms. The quantitative estimate of drug-likeness (QED) is 0.464. The van der Waals surface area contributed by atoms with Crippen molar-refractivity contribution in [3.63, 3.8) is 0 Å². The molecule has 6 nitrogen and oxygen atoms in total. The van der Waals surface area contributed by atoms with Crippen LogP contribution in [0.15, 0.2) is 59.4 Å². The topological polar surface area (TPSA) is 95.6 Å². The van der Waals surface area contributed by atoms with Crippen molar-refractivity contribution < 1.29 is 19.7 Å². The van der Waals surface area contributed by atoms with Crippen LogP contribution in [-0.4, -0.2) is 24.9 Å². The van der Waals surface area contributed by atoms with Gasteiger partial charge in [-0.2, -0.15) is 0 Å². The Morgan fingerprint density at radius 1 is 1.00 bits per heavy atom. The minimum Gasteiger partial charge on any atom is -0.504 e. The van der Waals surface area contributed by atoms with E-state index in [1.807, 2.05) is 30.3 Å². The van der Waals surface area contributed by atoms with Gasteiger partial charge in [0.15, 0.2) is 11.5 Å². The number of benzene rings is 3. The van der Waals surface area contributed by atoms with E-state index in [1.165, 1.54) is 22.8 Å². The Balaban J connectivity index is 2.07. The molecule has 0 aliphatic rings. The number of hydrogen-bond acceptors (Lipinski definition) is 5. The molecule has 0 amide bonds. The van der Waals surface area contributed by atoms with E-state index in [9.17, 15) is 24.5 Å². The van der Waals surface area contributed by atoms with Gasteiger partial charge < -0.3 is 15.3 Å². The molecule has 0 atom stereocenters. The minimum atomic E-state index is -0.797. The van der Waals surface area contributed by atoms with Crippen molar-refractivity contribution in [2.45, 2.75) is 13.3 Å². The van der Waals surface area contributed by atoms with E-state index in [4.69, 9.17) is 0 Å². The summed E-state index contributed by atoms with van der Waals surface area (Å²) in [6, 6.07) is 14.7. The number of halogens is 1. The van der Waals surface area contributed by atoms with Crippen LogP contribution in [0, 0.1) is 12.7 Å². The SMILES string of the molecule is Cc1cc(-n2c(Cc3ccccc3)nc3cc(O)c(O)c(O)c3c2=O)ccc1F. The van der Waals surface area contributed by atoms with Crippen LogP contribution in [0.3, 0.4) is 0 Å². The normalized spacial score (nSPS) is 11.1. The van der Waals surface area contributed by atoms with Crippen molar-refractivity contribution in [1.29, 1.82) is 0 Å². The van der Waals surface area contributed by atoms with Crippen molar-refractivity contribution in [2.24, 2.45) is 0 Å². The third-order valence-electron chi connectivity index (χ3n) is 4.76. The first-order valence-electron chi connectivity index (χ1n) is 8.87. The standard InChI is InChI=1S/C22H17FN2O4/c1-12-9-14(7-8-15(12)23)25-18(10-13-5-3-2-4-6-13)24-16-11-17(26)20(27)21(28)19(16)22(25)29/h2-9,11,26-28H,10H2,1H3. The fourth-order valence-electron chi connectivity index (χ4n) is 3.28. The Bertz CT molecular complexity index is 1300. The highest BCUT2D eigenvalue weighted by Crippen LogP contribution is 2.39. The average Bonchev–Trinajstić information content (AvgIpc) is 2.69. The number of nitrogens with zero attached hydrogens (tertiary/aromatic N) is 2. The largest absolute Gasteiger partial charge is 0.504 e. The number of fused-ring (bicyclic) bond motifs is 1. The first kappa shape index (κ1) is 18.5. The fourth-order valence-corrected chi connectivity index (χ4v) is 3.28. The Hall–Kier alpha value is -3.87. The van der Waals surface area contributed by atoms with Gasteiger partial charge in [-0.1, -0.05) is 30.3 Å². The van der Waals surface area contributed by atoms with E-state index in [2.05, 4.69) is 4.98 Å². The number of aromatic hydroxyl groups is 3. The van der Waals surface area contributed by atoms with Gasteiger partial charge in [-0.05, 0) is 36.2 Å². The Morgan fingerprint density at radius 2 is 1.72 bits per heavy atom. The second-order valence-electron chi connectivity index (χ2n) is 6.75. The molecule has 3 N–H and O–H groups in total. The van der Waals surface area contributed by atoms with Crippen LogP contribution in [-0.2, 0) is 6.42 Å². The zero-order chi connectivity index (χ0) is 20.7. The smallest absolute Gasteiger partial charge is 0.269 e. The predicted molar refractivity (Wildman–Crippen MR) is 106 cm³/mol. The zero-order valence-corrected chi connectivity index (χ0v) is 15.4. The number of phenolic OH excluding ortho intramolecular Hbond substituents is 3. The molecule has 0 fully saturated rings. The monoisotopic (exact) mass is 392 g/mol. The molecule has 29 heavy (non-hydrogen) atoms. The lowest BCUT2D eigenvalue weighted by atomic mass is 10.1. The molecule has 4 aromatic rings. The molecular weight excluding hydrogens is 375 g/mol. The third kappa shape index (κ3) is 3.16. The van der Waals surface area contributed by atoms with Gasteiger partial charge in [-0.3, -0.25) is 9.36 Å². The molecule has 0 spiro atoms. The summed E-state index contributed by atoms with van der Waals surface area (Å²) >= 11 is 0. The van der Waals surface area contributed by atoms with Crippen LogP contribution < -0.4 is 5.56 Å². The maximum Gasteiger partial charge on any atom is 0.269 e. The summed E-state index contributed by atoms with van der Waals surface area (Å²) in [6.07, 6.45) is 0.283. The second-order valence-corrected chi connectivity index (χ2v) is 6.75. The van der Waals surface area contributed by atoms with Gasteiger partial charge in [0, 0.05) is 12.5 Å². The molecule has 0 aliphatic heterocycles. The van der Waals surface area contributed by atoms with Crippen molar-refractivity contribution >= 4 is 10.9 Å². The highest BCUT2D eigenvalue weighted by molar-refractivity contribution is 5.89. The van der Waals surface area contributed by atoms with Crippen LogP contribution in [0.2, 0.25) is 0 Å². The molecule has 0 unspecified atom stereocenters. The van der Waals surface area contributed by atoms with Crippen LogP contribution in [0.25, 0.3) is 16.6 Å². The average molecular weight is 392 g/mol. The van der Waals surface area contributed by atoms with Crippen LogP contribution in [0.5, 0.6) is 17.2 Å². The van der Waals surface area contributed by atoms with Crippen molar-refractivity contribution in [3.8, 4) is 22.9 Å². The van der Waals surface area contributed by atoms with Gasteiger partial charge in [0.05, 0.1) is 11.2 Å². The van der Waals surface area contributed by atoms with E-state index < -0.39 is 28.6 Å². The maximum atomic E-state index is 13.8. The lowest BCUT2D eigenvalue weighted by molar-refractivity contribution is 0.371. The van der Waals surface area contributed by atoms with Crippen molar-refractivity contribution in [2.75, 3.05) is 0 Å². The number of aryl methyl sites for hydroxylation is 1. The lowest BCUT2D eigenvalue weighted by Gasteiger charge is -2.15. The van der Waals surface area contributed by atoms with Gasteiger partial charge in [0.2, 0.25) is 5.75 Å². The summed E-state index contributed by atoms with van der Waals surface area (Å²) in [7, 11) is 0. The lowest BCUT2D eigenvalue weighted by Crippen LogP contribution is -2.24. The Kier molecular flexibility index (Phi) is 4.43. The van der Waals surface area contributed by atoms with Crippen LogP contribution in [0.4, 0.5) is 4.39 Å². The molecule has 4 rings (SSSR count). The molecule has 1 heterocycles. The summed E-state index contributed by atoms with van der Waals surface area (Å²) in [5.74, 6) is -2.21. The van der Waals surface area contributed by atoms with E-state index in [1.54, 1.807) is 6.92 Å². The molecular formula is C22H17FN2O4. The first-order valence-corrected chi connectivity index (χ1v) is 8.87. The number of hydrogen-bond donors (Lipinski definition) is 3. The zero-order valence-electron chi connectivity index (χ0n) is 15.4. The van der Waals surface area contributed by atoms with Crippen LogP contribution in [0.1, 0.15) is 17.0 Å². The summed E-state index contributed by atoms with van der Waals surface area (Å²) in [4.78, 5) is 17.8. The molecule has 0 saturated heterocycles. The third-order valence-corrected chi connectivity index (χ3v) is 4.76.